The Labute approximate surface area is 152 Å². The van der Waals surface area contributed by atoms with Crippen LogP contribution in [0.25, 0.3) is 0 Å². The summed E-state index contributed by atoms with van der Waals surface area (Å²) in [7, 11) is 0. The Morgan fingerprint density at radius 2 is 1.92 bits per heavy atom. The molecule has 2 aromatic heterocycles. The van der Waals surface area contributed by atoms with Crippen LogP contribution in [0.15, 0.2) is 54.9 Å². The number of nitrogens with zero attached hydrogens (tertiary/aromatic N) is 2. The highest BCUT2D eigenvalue weighted by Crippen LogP contribution is 2.17. The van der Waals surface area contributed by atoms with Crippen LogP contribution < -0.4 is 4.57 Å². The lowest BCUT2D eigenvalue weighted by molar-refractivity contribution is -0.683. The first kappa shape index (κ1) is 17.9. The molecule has 2 heterocycles. The van der Waals surface area contributed by atoms with Gasteiger partial charge in [-0.3, -0.25) is 4.79 Å². The maximum atomic E-state index is 13.0. The Balaban J connectivity index is 1.74. The van der Waals surface area contributed by atoms with E-state index in [0.717, 1.165) is 29.9 Å². The topological polar surface area (TPSA) is 46.1 Å². The number of ketones is 1. The molecule has 0 fully saturated rings. The zero-order valence-electron chi connectivity index (χ0n) is 14.9. The van der Waals surface area contributed by atoms with Gasteiger partial charge in [0.25, 0.3) is 0 Å². The molecule has 0 saturated heterocycles. The molecule has 1 N–H and O–H groups in total. The molecule has 0 bridgehead atoms. The number of aryl methyl sites for hydroxylation is 2. The lowest BCUT2D eigenvalue weighted by atomic mass is 10.1. The fourth-order valence-electron chi connectivity index (χ4n) is 3.18. The Bertz CT molecular complexity index is 930. The molecule has 134 valence electrons. The van der Waals surface area contributed by atoms with Crippen molar-refractivity contribution in [3.8, 4) is 5.75 Å². The molecule has 0 amide bonds. The number of aromatic nitrogens is 2. The Kier molecular flexibility index (Phi) is 5.16. The predicted molar refractivity (Wildman–Crippen MR) is 96.6 cm³/mol. The monoisotopic (exact) mass is 353 g/mol. The molecule has 0 aliphatic heterocycles. The highest BCUT2D eigenvalue weighted by atomic mass is 19.1. The van der Waals surface area contributed by atoms with Crippen LogP contribution in [0.3, 0.4) is 0 Å². The van der Waals surface area contributed by atoms with E-state index >= 15 is 0 Å². The molecule has 0 atom stereocenters. The summed E-state index contributed by atoms with van der Waals surface area (Å²) in [6, 6.07) is 11.7. The Hall–Kier alpha value is -2.95. The first-order valence-corrected chi connectivity index (χ1v) is 8.56. The van der Waals surface area contributed by atoms with Crippen molar-refractivity contribution in [2.45, 2.75) is 33.4 Å². The largest absolute Gasteiger partial charge is 0.503 e. The molecular weight excluding hydrogens is 331 g/mol. The zero-order chi connectivity index (χ0) is 18.7. The van der Waals surface area contributed by atoms with Crippen molar-refractivity contribution < 1.29 is 18.9 Å². The molecule has 3 rings (SSSR count). The first-order valence-electron chi connectivity index (χ1n) is 8.56. The van der Waals surface area contributed by atoms with Gasteiger partial charge in [0.05, 0.1) is 0 Å². The van der Waals surface area contributed by atoms with Gasteiger partial charge in [-0.05, 0) is 50.1 Å². The minimum absolute atomic E-state index is 0.00160. The number of pyridine rings is 1. The second-order valence-electron chi connectivity index (χ2n) is 6.47. The second-order valence-corrected chi connectivity index (χ2v) is 6.47. The van der Waals surface area contributed by atoms with E-state index in [4.69, 9.17) is 0 Å². The average molecular weight is 353 g/mol. The van der Waals surface area contributed by atoms with Crippen molar-refractivity contribution >= 4 is 5.78 Å². The number of Topliss-reactive ketones (excluding diaryl/α,β-unsaturated/α-hetero) is 1. The van der Waals surface area contributed by atoms with Gasteiger partial charge in [-0.1, -0.05) is 12.1 Å². The summed E-state index contributed by atoms with van der Waals surface area (Å²) in [5, 5.41) is 9.53. The number of halogens is 1. The van der Waals surface area contributed by atoms with Crippen LogP contribution in [0.2, 0.25) is 0 Å². The van der Waals surface area contributed by atoms with Gasteiger partial charge in [0, 0.05) is 29.6 Å². The van der Waals surface area contributed by atoms with Gasteiger partial charge in [-0.2, -0.15) is 4.57 Å². The van der Waals surface area contributed by atoms with E-state index in [1.165, 1.54) is 18.3 Å². The molecule has 0 unspecified atom stereocenters. The van der Waals surface area contributed by atoms with Gasteiger partial charge in [0.2, 0.25) is 18.5 Å². The SMILES string of the molecule is Cc1cc(C(=O)C[n+]2cccc(O)c2)c(C)n1CCc1ccc(F)cc1. The molecular formula is C21H22FN2O2+. The van der Waals surface area contributed by atoms with Gasteiger partial charge in [-0.25, -0.2) is 4.39 Å². The molecule has 1 aromatic carbocycles. The van der Waals surface area contributed by atoms with Crippen LogP contribution in [0.1, 0.15) is 27.3 Å². The first-order chi connectivity index (χ1) is 12.4. The second kappa shape index (κ2) is 7.52. The van der Waals surface area contributed by atoms with Crippen LogP contribution in [0.4, 0.5) is 4.39 Å². The highest BCUT2D eigenvalue weighted by molar-refractivity contribution is 5.96. The summed E-state index contributed by atoms with van der Waals surface area (Å²) in [4.78, 5) is 12.7. The number of aromatic hydroxyl groups is 1. The van der Waals surface area contributed by atoms with Gasteiger partial charge in [0.15, 0.2) is 11.9 Å². The molecule has 4 nitrogen and oxygen atoms in total. The van der Waals surface area contributed by atoms with Crippen LogP contribution in [-0.4, -0.2) is 15.5 Å². The summed E-state index contributed by atoms with van der Waals surface area (Å²) in [6.45, 7) is 4.83. The summed E-state index contributed by atoms with van der Waals surface area (Å²) >= 11 is 0. The molecule has 0 spiro atoms. The highest BCUT2D eigenvalue weighted by Gasteiger charge is 2.19. The quantitative estimate of drug-likeness (QED) is 0.546. The van der Waals surface area contributed by atoms with Crippen molar-refractivity contribution in [2.75, 3.05) is 0 Å². The van der Waals surface area contributed by atoms with Crippen molar-refractivity contribution in [1.82, 2.24) is 4.57 Å². The molecule has 26 heavy (non-hydrogen) atoms. The number of benzene rings is 1. The number of rotatable bonds is 6. The summed E-state index contributed by atoms with van der Waals surface area (Å²) in [5.41, 5.74) is 3.70. The lowest BCUT2D eigenvalue weighted by Crippen LogP contribution is -2.37. The average Bonchev–Trinajstić information content (AvgIpc) is 2.89. The van der Waals surface area contributed by atoms with Crippen molar-refractivity contribution in [2.24, 2.45) is 0 Å². The van der Waals surface area contributed by atoms with Gasteiger partial charge in [0.1, 0.15) is 5.82 Å². The third kappa shape index (κ3) is 3.99. The van der Waals surface area contributed by atoms with Crippen LogP contribution >= 0.6 is 0 Å². The zero-order valence-corrected chi connectivity index (χ0v) is 14.9. The normalized spacial score (nSPS) is 10.9. The maximum absolute atomic E-state index is 13.0. The van der Waals surface area contributed by atoms with Crippen LogP contribution in [0, 0.1) is 19.7 Å². The Morgan fingerprint density at radius 3 is 2.62 bits per heavy atom. The number of hydrogen-bond donors (Lipinski definition) is 1. The lowest BCUT2D eigenvalue weighted by Gasteiger charge is -2.10. The van der Waals surface area contributed by atoms with Crippen LogP contribution in [0.5, 0.6) is 5.75 Å². The van der Waals surface area contributed by atoms with Crippen LogP contribution in [-0.2, 0) is 19.5 Å². The number of hydrogen-bond acceptors (Lipinski definition) is 2. The van der Waals surface area contributed by atoms with E-state index in [-0.39, 0.29) is 23.9 Å². The summed E-state index contributed by atoms with van der Waals surface area (Å²) in [6.07, 6.45) is 4.06. The molecule has 0 aliphatic carbocycles. The van der Waals surface area contributed by atoms with Gasteiger partial charge >= 0.3 is 0 Å². The molecule has 3 aromatic rings. The van der Waals surface area contributed by atoms with Crippen molar-refractivity contribution in [1.29, 1.82) is 0 Å². The van der Waals surface area contributed by atoms with E-state index in [9.17, 15) is 14.3 Å². The van der Waals surface area contributed by atoms with E-state index in [0.29, 0.717) is 5.56 Å². The van der Waals surface area contributed by atoms with E-state index < -0.39 is 0 Å². The fourth-order valence-corrected chi connectivity index (χ4v) is 3.18. The Morgan fingerprint density at radius 1 is 1.19 bits per heavy atom. The standard InChI is InChI=1S/C21H21FN2O2/c1-15-12-20(21(26)14-23-10-3-4-19(25)13-23)16(2)24(15)11-9-17-5-7-18(22)8-6-17/h3-8,10,12-13H,9,11,14H2,1-2H3/p+1. The minimum Gasteiger partial charge on any atom is -0.503 e. The molecule has 0 saturated carbocycles. The van der Waals surface area contributed by atoms with Gasteiger partial charge < -0.3 is 9.67 Å². The van der Waals surface area contributed by atoms with E-state index in [2.05, 4.69) is 4.57 Å². The molecule has 0 aliphatic rings. The predicted octanol–water partition coefficient (Wildman–Crippen LogP) is 3.36. The summed E-state index contributed by atoms with van der Waals surface area (Å²) in [5.74, 6) is -0.105. The van der Waals surface area contributed by atoms with Crippen molar-refractivity contribution in [3.63, 3.8) is 0 Å². The number of carbonyl (C=O) groups is 1. The number of carbonyl (C=O) groups excluding carboxylic acids is 1. The van der Waals surface area contributed by atoms with E-state index in [1.54, 1.807) is 35.0 Å². The minimum atomic E-state index is -0.237. The summed E-state index contributed by atoms with van der Waals surface area (Å²) < 4.78 is 16.8. The smallest absolute Gasteiger partial charge is 0.229 e. The van der Waals surface area contributed by atoms with E-state index in [1.807, 2.05) is 19.9 Å². The maximum Gasteiger partial charge on any atom is 0.229 e. The molecule has 0 radical (unpaired) electrons. The fraction of sp³-hybridized carbons (Fsp3) is 0.238. The third-order valence-electron chi connectivity index (χ3n) is 4.58. The molecule has 5 heteroatoms. The van der Waals surface area contributed by atoms with Crippen molar-refractivity contribution in [3.05, 3.63) is 83.2 Å². The van der Waals surface area contributed by atoms with Gasteiger partial charge in [-0.15, -0.1) is 0 Å². The third-order valence-corrected chi connectivity index (χ3v) is 4.58.